The molecule has 0 saturated heterocycles. The molecule has 1 atom stereocenters. The maximum Gasteiger partial charge on any atom is 0.306 e. The van der Waals surface area contributed by atoms with Crippen LogP contribution in [0.4, 0.5) is 0 Å². The highest BCUT2D eigenvalue weighted by Crippen LogP contribution is 2.04. The van der Waals surface area contributed by atoms with Crippen LogP contribution in [0.25, 0.3) is 0 Å². The van der Waals surface area contributed by atoms with Gasteiger partial charge in [-0.2, -0.15) is 0 Å². The predicted octanol–water partition coefficient (Wildman–Crippen LogP) is 1.94. The van der Waals surface area contributed by atoms with Crippen LogP contribution < -0.4 is 0 Å². The minimum atomic E-state index is -0.267. The molecular formula is C10H18O3. The highest BCUT2D eigenvalue weighted by atomic mass is 16.5. The second-order valence-electron chi connectivity index (χ2n) is 3.29. The number of carbonyl (C=O) groups is 2. The molecular weight excluding hydrogens is 168 g/mol. The lowest BCUT2D eigenvalue weighted by Crippen LogP contribution is -2.15. The van der Waals surface area contributed by atoms with Gasteiger partial charge < -0.3 is 4.74 Å². The zero-order valence-corrected chi connectivity index (χ0v) is 8.63. The van der Waals surface area contributed by atoms with Crippen LogP contribution in [0, 0.1) is 5.92 Å². The van der Waals surface area contributed by atoms with E-state index >= 15 is 0 Å². The van der Waals surface area contributed by atoms with Crippen molar-refractivity contribution in [1.82, 2.24) is 0 Å². The van der Waals surface area contributed by atoms with Gasteiger partial charge in [-0.15, -0.1) is 0 Å². The molecule has 0 amide bonds. The molecule has 0 N–H and O–H groups in total. The monoisotopic (exact) mass is 186 g/mol. The number of ether oxygens (including phenoxy) is 1. The fourth-order valence-corrected chi connectivity index (χ4v) is 0.783. The molecule has 0 heterocycles. The van der Waals surface area contributed by atoms with Gasteiger partial charge in [-0.3, -0.25) is 9.59 Å². The number of hydrogen-bond acceptors (Lipinski definition) is 3. The van der Waals surface area contributed by atoms with E-state index in [1.54, 1.807) is 6.92 Å². The number of unbranched alkanes of at least 4 members (excludes halogenated alkanes) is 1. The molecule has 0 spiro atoms. The maximum atomic E-state index is 11.1. The number of hydrogen-bond donors (Lipinski definition) is 0. The fraction of sp³-hybridized carbons (Fsp3) is 0.800. The summed E-state index contributed by atoms with van der Waals surface area (Å²) in [5, 5.41) is 0. The van der Waals surface area contributed by atoms with E-state index in [9.17, 15) is 9.59 Å². The molecule has 0 aromatic heterocycles. The van der Waals surface area contributed by atoms with Crippen LogP contribution in [-0.4, -0.2) is 18.4 Å². The Kier molecular flexibility index (Phi) is 6.20. The summed E-state index contributed by atoms with van der Waals surface area (Å²) < 4.78 is 4.91. The topological polar surface area (TPSA) is 43.4 Å². The van der Waals surface area contributed by atoms with Crippen molar-refractivity contribution in [3.63, 3.8) is 0 Å². The molecule has 0 fully saturated rings. The van der Waals surface area contributed by atoms with Crippen LogP contribution in [0.2, 0.25) is 0 Å². The first-order valence-corrected chi connectivity index (χ1v) is 4.74. The Bertz CT molecular complexity index is 175. The van der Waals surface area contributed by atoms with Crippen molar-refractivity contribution in [1.29, 1.82) is 0 Å². The van der Waals surface area contributed by atoms with Gasteiger partial charge in [0.25, 0.3) is 0 Å². The van der Waals surface area contributed by atoms with Gasteiger partial charge in [0.05, 0.1) is 13.0 Å². The molecule has 0 saturated carbocycles. The highest BCUT2D eigenvalue weighted by Gasteiger charge is 2.13. The summed E-state index contributed by atoms with van der Waals surface area (Å²) in [6.45, 7) is 5.74. The fourth-order valence-electron chi connectivity index (χ4n) is 0.783. The Labute approximate surface area is 79.5 Å². The third-order valence-corrected chi connectivity index (χ3v) is 1.93. The minimum Gasteiger partial charge on any atom is -0.466 e. The summed E-state index contributed by atoms with van der Waals surface area (Å²) in [7, 11) is 0. The van der Waals surface area contributed by atoms with Crippen molar-refractivity contribution in [2.24, 2.45) is 5.92 Å². The lowest BCUT2D eigenvalue weighted by atomic mass is 10.0. The van der Waals surface area contributed by atoms with E-state index in [0.29, 0.717) is 6.61 Å². The third-order valence-electron chi connectivity index (χ3n) is 1.93. The molecule has 0 aromatic carbocycles. The molecule has 0 aliphatic carbocycles. The molecule has 0 radical (unpaired) electrons. The first-order valence-electron chi connectivity index (χ1n) is 4.74. The summed E-state index contributed by atoms with van der Waals surface area (Å²) >= 11 is 0. The predicted molar refractivity (Wildman–Crippen MR) is 50.3 cm³/mol. The van der Waals surface area contributed by atoms with E-state index < -0.39 is 0 Å². The summed E-state index contributed by atoms with van der Waals surface area (Å²) in [5.41, 5.74) is 0. The van der Waals surface area contributed by atoms with E-state index in [2.05, 4.69) is 0 Å². The Hall–Kier alpha value is -0.860. The Morgan fingerprint density at radius 2 is 2.00 bits per heavy atom. The first-order chi connectivity index (χ1) is 6.07. The SMILES string of the molecule is CCCCOC(=O)CC(C)C(C)=O. The van der Waals surface area contributed by atoms with Gasteiger partial charge in [0.2, 0.25) is 0 Å². The molecule has 1 unspecified atom stereocenters. The quantitative estimate of drug-likeness (QED) is 0.470. The third kappa shape index (κ3) is 6.31. The van der Waals surface area contributed by atoms with Crippen molar-refractivity contribution >= 4 is 11.8 Å². The Morgan fingerprint density at radius 3 is 2.46 bits per heavy atom. The van der Waals surface area contributed by atoms with E-state index in [-0.39, 0.29) is 24.1 Å². The molecule has 0 bridgehead atoms. The van der Waals surface area contributed by atoms with Gasteiger partial charge in [-0.05, 0) is 13.3 Å². The van der Waals surface area contributed by atoms with Crippen molar-refractivity contribution in [3.8, 4) is 0 Å². The normalized spacial score (nSPS) is 12.2. The van der Waals surface area contributed by atoms with Crippen molar-refractivity contribution < 1.29 is 14.3 Å². The molecule has 0 aliphatic heterocycles. The Balaban J connectivity index is 3.56. The van der Waals surface area contributed by atoms with E-state index in [0.717, 1.165) is 12.8 Å². The van der Waals surface area contributed by atoms with Gasteiger partial charge in [0.15, 0.2) is 0 Å². The van der Waals surface area contributed by atoms with Crippen LogP contribution in [0.15, 0.2) is 0 Å². The number of esters is 1. The number of rotatable bonds is 6. The summed E-state index contributed by atoms with van der Waals surface area (Å²) in [6, 6.07) is 0. The molecule has 3 nitrogen and oxygen atoms in total. The molecule has 3 heteroatoms. The van der Waals surface area contributed by atoms with Crippen LogP contribution in [0.5, 0.6) is 0 Å². The zero-order chi connectivity index (χ0) is 10.3. The number of ketones is 1. The molecule has 76 valence electrons. The van der Waals surface area contributed by atoms with Gasteiger partial charge in [0, 0.05) is 5.92 Å². The van der Waals surface area contributed by atoms with Gasteiger partial charge in [-0.25, -0.2) is 0 Å². The van der Waals surface area contributed by atoms with Crippen molar-refractivity contribution in [2.75, 3.05) is 6.61 Å². The average molecular weight is 186 g/mol. The molecule has 0 aromatic rings. The second kappa shape index (κ2) is 6.63. The number of carbonyl (C=O) groups excluding carboxylic acids is 2. The van der Waals surface area contributed by atoms with E-state index in [4.69, 9.17) is 4.74 Å². The second-order valence-corrected chi connectivity index (χ2v) is 3.29. The van der Waals surface area contributed by atoms with Crippen molar-refractivity contribution in [2.45, 2.75) is 40.0 Å². The lowest BCUT2D eigenvalue weighted by Gasteiger charge is -2.07. The molecule has 13 heavy (non-hydrogen) atoms. The van der Waals surface area contributed by atoms with Crippen molar-refractivity contribution in [3.05, 3.63) is 0 Å². The summed E-state index contributed by atoms with van der Waals surface area (Å²) in [6.07, 6.45) is 2.11. The maximum absolute atomic E-state index is 11.1. The van der Waals surface area contributed by atoms with Crippen LogP contribution in [0.3, 0.4) is 0 Å². The largest absolute Gasteiger partial charge is 0.466 e. The van der Waals surface area contributed by atoms with E-state index in [1.807, 2.05) is 6.92 Å². The molecule has 0 aliphatic rings. The zero-order valence-electron chi connectivity index (χ0n) is 8.63. The average Bonchev–Trinajstić information content (AvgIpc) is 2.04. The van der Waals surface area contributed by atoms with Crippen LogP contribution in [0.1, 0.15) is 40.0 Å². The minimum absolute atomic E-state index is 0.0347. The Morgan fingerprint density at radius 1 is 1.38 bits per heavy atom. The smallest absolute Gasteiger partial charge is 0.306 e. The van der Waals surface area contributed by atoms with Crippen LogP contribution in [-0.2, 0) is 14.3 Å². The highest BCUT2D eigenvalue weighted by molar-refractivity contribution is 5.83. The van der Waals surface area contributed by atoms with Gasteiger partial charge in [-0.1, -0.05) is 20.3 Å². The van der Waals surface area contributed by atoms with Gasteiger partial charge in [0.1, 0.15) is 5.78 Å². The first kappa shape index (κ1) is 12.1. The van der Waals surface area contributed by atoms with Crippen LogP contribution >= 0.6 is 0 Å². The lowest BCUT2D eigenvalue weighted by molar-refractivity contribution is -0.146. The molecule has 0 rings (SSSR count). The number of Topliss-reactive ketones (excluding diaryl/α,β-unsaturated/α-hetero) is 1. The summed E-state index contributed by atoms with van der Waals surface area (Å²) in [4.78, 5) is 21.9. The van der Waals surface area contributed by atoms with E-state index in [1.165, 1.54) is 6.92 Å². The van der Waals surface area contributed by atoms with Gasteiger partial charge >= 0.3 is 5.97 Å². The summed E-state index contributed by atoms with van der Waals surface area (Å²) in [5.74, 6) is -0.447. The standard InChI is InChI=1S/C10H18O3/c1-4-5-6-13-10(12)7-8(2)9(3)11/h8H,4-7H2,1-3H3.